The number of anilines is 1. The Morgan fingerprint density at radius 1 is 1.39 bits per heavy atom. The highest BCUT2D eigenvalue weighted by molar-refractivity contribution is 5.94. The Hall–Kier alpha value is -3.55. The molecule has 0 saturated carbocycles. The number of carbonyl (C=O) groups excluding carboxylic acids is 1. The zero-order valence-electron chi connectivity index (χ0n) is 15.4. The van der Waals surface area contributed by atoms with Crippen LogP contribution < -0.4 is 15.0 Å². The topological polar surface area (TPSA) is 90.7 Å². The third-order valence-corrected chi connectivity index (χ3v) is 4.03. The minimum absolute atomic E-state index is 0.354. The lowest BCUT2D eigenvalue weighted by Crippen LogP contribution is -2.40. The van der Waals surface area contributed by atoms with Gasteiger partial charge in [-0.05, 0) is 43.7 Å². The number of nitrogens with zero attached hydrogens (tertiary/aromatic N) is 3. The summed E-state index contributed by atoms with van der Waals surface area (Å²) >= 11 is 0. The van der Waals surface area contributed by atoms with Crippen LogP contribution in [0.1, 0.15) is 13.3 Å². The Morgan fingerprint density at radius 3 is 3.04 bits per heavy atom. The first-order valence-corrected chi connectivity index (χ1v) is 8.76. The number of allylic oxidation sites excluding steroid dienone is 2. The quantitative estimate of drug-likeness (QED) is 0.624. The second-order valence-electron chi connectivity index (χ2n) is 6.09. The first kappa shape index (κ1) is 19.2. The molecule has 0 radical (unpaired) electrons. The SMILES string of the molecule is C/C(=C\C=N/C=N)NC(=O)N1CCCOc2ccc(-c3cccc(F)c3)nc21. The summed E-state index contributed by atoms with van der Waals surface area (Å²) in [5.41, 5.74) is 1.74. The lowest BCUT2D eigenvalue weighted by atomic mass is 10.1. The molecular formula is C20H20FN5O2. The molecule has 2 heterocycles. The van der Waals surface area contributed by atoms with Gasteiger partial charge in [-0.15, -0.1) is 0 Å². The number of carbonyl (C=O) groups is 1. The summed E-state index contributed by atoms with van der Waals surface area (Å²) in [6, 6.07) is 9.27. The number of nitrogens with one attached hydrogen (secondary N) is 2. The molecule has 0 unspecified atom stereocenters. The number of ether oxygens (including phenoxy) is 1. The van der Waals surface area contributed by atoms with E-state index in [0.29, 0.717) is 48.1 Å². The molecule has 0 aliphatic carbocycles. The van der Waals surface area contributed by atoms with Crippen molar-refractivity contribution in [1.29, 1.82) is 5.41 Å². The summed E-state index contributed by atoms with van der Waals surface area (Å²) in [5.74, 6) is 0.532. The van der Waals surface area contributed by atoms with E-state index in [9.17, 15) is 9.18 Å². The minimum atomic E-state index is -0.354. The standard InChI is InChI=1S/C20H20FN5O2/c1-14(8-9-23-13-22)24-20(27)26-10-3-11-28-18-7-6-17(25-19(18)26)15-4-2-5-16(21)12-15/h2,4-9,12-13,22H,3,10-11H2,1H3,(H,24,27)/b14-8+,22-13?,23-9-. The largest absolute Gasteiger partial charge is 0.490 e. The molecule has 28 heavy (non-hydrogen) atoms. The van der Waals surface area contributed by atoms with Crippen molar-refractivity contribution < 1.29 is 13.9 Å². The molecule has 1 aromatic heterocycles. The van der Waals surface area contributed by atoms with Gasteiger partial charge in [0.2, 0.25) is 0 Å². The van der Waals surface area contributed by atoms with Crippen LogP contribution in [0.3, 0.4) is 0 Å². The van der Waals surface area contributed by atoms with Crippen molar-refractivity contribution >= 4 is 24.4 Å². The van der Waals surface area contributed by atoms with E-state index in [1.165, 1.54) is 23.2 Å². The van der Waals surface area contributed by atoms with Crippen molar-refractivity contribution in [3.63, 3.8) is 0 Å². The van der Waals surface area contributed by atoms with Crippen molar-refractivity contribution in [3.05, 3.63) is 54.0 Å². The molecule has 2 N–H and O–H groups in total. The number of aliphatic imine (C=N–C) groups is 1. The molecule has 0 spiro atoms. The van der Waals surface area contributed by atoms with E-state index in [4.69, 9.17) is 10.1 Å². The Morgan fingerprint density at radius 2 is 2.25 bits per heavy atom. The second kappa shape index (κ2) is 8.90. The van der Waals surface area contributed by atoms with E-state index in [-0.39, 0.29) is 11.8 Å². The van der Waals surface area contributed by atoms with Crippen molar-refractivity contribution in [2.45, 2.75) is 13.3 Å². The average Bonchev–Trinajstić information content (AvgIpc) is 2.90. The average molecular weight is 381 g/mol. The molecule has 0 saturated heterocycles. The number of amides is 2. The number of urea groups is 1. The fourth-order valence-electron chi connectivity index (χ4n) is 2.73. The van der Waals surface area contributed by atoms with Gasteiger partial charge in [-0.25, -0.2) is 19.2 Å². The zero-order valence-corrected chi connectivity index (χ0v) is 15.4. The highest BCUT2D eigenvalue weighted by Gasteiger charge is 2.24. The van der Waals surface area contributed by atoms with Crippen LogP contribution in [-0.4, -0.2) is 36.7 Å². The van der Waals surface area contributed by atoms with E-state index in [1.54, 1.807) is 37.3 Å². The number of hydrogen-bond acceptors (Lipinski definition) is 4. The molecule has 2 aromatic rings. The highest BCUT2D eigenvalue weighted by atomic mass is 19.1. The van der Waals surface area contributed by atoms with E-state index >= 15 is 0 Å². The summed E-state index contributed by atoms with van der Waals surface area (Å²) in [6.45, 7) is 2.62. The van der Waals surface area contributed by atoms with Crippen LogP contribution >= 0.6 is 0 Å². The lowest BCUT2D eigenvalue weighted by Gasteiger charge is -2.22. The Labute approximate surface area is 162 Å². The molecule has 2 amide bonds. The summed E-state index contributed by atoms with van der Waals surface area (Å²) in [4.78, 5) is 22.5. The molecule has 8 heteroatoms. The molecule has 0 fully saturated rings. The van der Waals surface area contributed by atoms with E-state index < -0.39 is 0 Å². The van der Waals surface area contributed by atoms with E-state index in [1.807, 2.05) is 0 Å². The van der Waals surface area contributed by atoms with Crippen molar-refractivity contribution in [3.8, 4) is 17.0 Å². The molecule has 1 aliphatic rings. The minimum Gasteiger partial charge on any atom is -0.490 e. The van der Waals surface area contributed by atoms with Gasteiger partial charge in [-0.2, -0.15) is 0 Å². The number of fused-ring (bicyclic) bond motifs is 1. The van der Waals surface area contributed by atoms with E-state index in [2.05, 4.69) is 15.3 Å². The Balaban J connectivity index is 1.91. The number of hydrogen-bond donors (Lipinski definition) is 2. The molecule has 0 bridgehead atoms. The van der Waals surface area contributed by atoms with Gasteiger partial charge < -0.3 is 10.1 Å². The number of pyridine rings is 1. The van der Waals surface area contributed by atoms with Gasteiger partial charge in [0.05, 0.1) is 12.3 Å². The van der Waals surface area contributed by atoms with Gasteiger partial charge >= 0.3 is 6.03 Å². The molecule has 144 valence electrons. The van der Waals surface area contributed by atoms with Crippen LogP contribution in [0.5, 0.6) is 5.75 Å². The van der Waals surface area contributed by atoms with Gasteiger partial charge in [0.25, 0.3) is 0 Å². The third-order valence-electron chi connectivity index (χ3n) is 4.03. The summed E-state index contributed by atoms with van der Waals surface area (Å²) in [5, 5.41) is 9.64. The number of rotatable bonds is 4. The molecular weight excluding hydrogens is 361 g/mol. The van der Waals surface area contributed by atoms with Crippen LogP contribution in [0.25, 0.3) is 11.3 Å². The molecule has 1 aromatic carbocycles. The predicted octanol–water partition coefficient (Wildman–Crippen LogP) is 3.77. The van der Waals surface area contributed by atoms with Crippen LogP contribution in [-0.2, 0) is 0 Å². The highest BCUT2D eigenvalue weighted by Crippen LogP contribution is 2.32. The summed E-state index contributed by atoms with van der Waals surface area (Å²) < 4.78 is 19.3. The van der Waals surface area contributed by atoms with Crippen molar-refractivity contribution in [1.82, 2.24) is 10.3 Å². The fourth-order valence-corrected chi connectivity index (χ4v) is 2.73. The van der Waals surface area contributed by atoms with Crippen LogP contribution in [0.15, 0.2) is 53.2 Å². The third kappa shape index (κ3) is 4.59. The smallest absolute Gasteiger partial charge is 0.327 e. The molecule has 0 atom stereocenters. The zero-order chi connectivity index (χ0) is 19.9. The first-order chi connectivity index (χ1) is 13.6. The second-order valence-corrected chi connectivity index (χ2v) is 6.09. The lowest BCUT2D eigenvalue weighted by molar-refractivity contribution is 0.248. The van der Waals surface area contributed by atoms with Gasteiger partial charge in [-0.1, -0.05) is 12.1 Å². The maximum absolute atomic E-state index is 13.6. The maximum Gasteiger partial charge on any atom is 0.327 e. The monoisotopic (exact) mass is 381 g/mol. The van der Waals surface area contributed by atoms with E-state index in [0.717, 1.165) is 6.34 Å². The number of benzene rings is 1. The Kier molecular flexibility index (Phi) is 6.11. The Bertz CT molecular complexity index is 942. The predicted molar refractivity (Wildman–Crippen MR) is 107 cm³/mol. The van der Waals surface area contributed by atoms with Crippen molar-refractivity contribution in [2.75, 3.05) is 18.1 Å². The fraction of sp³-hybridized carbons (Fsp3) is 0.200. The van der Waals surface area contributed by atoms with Crippen LogP contribution in [0, 0.1) is 11.2 Å². The van der Waals surface area contributed by atoms with Crippen molar-refractivity contribution in [2.24, 2.45) is 4.99 Å². The molecule has 1 aliphatic heterocycles. The summed E-state index contributed by atoms with van der Waals surface area (Å²) in [7, 11) is 0. The van der Waals surface area contributed by atoms with Gasteiger partial charge in [0.1, 0.15) is 12.2 Å². The molecule has 7 nitrogen and oxygen atoms in total. The van der Waals surface area contributed by atoms with Gasteiger partial charge in [-0.3, -0.25) is 10.3 Å². The number of aromatic nitrogens is 1. The van der Waals surface area contributed by atoms with Gasteiger partial charge in [0, 0.05) is 24.0 Å². The normalized spacial score (nSPS) is 14.2. The first-order valence-electron chi connectivity index (χ1n) is 8.76. The summed E-state index contributed by atoms with van der Waals surface area (Å²) in [6.07, 6.45) is 4.57. The van der Waals surface area contributed by atoms with Crippen LogP contribution in [0.4, 0.5) is 15.0 Å². The maximum atomic E-state index is 13.6. The van der Waals surface area contributed by atoms with Gasteiger partial charge in [0.15, 0.2) is 11.6 Å². The number of halogens is 1. The molecule has 3 rings (SSSR count). The van der Waals surface area contributed by atoms with Crippen LogP contribution in [0.2, 0.25) is 0 Å².